The molecule has 1 aliphatic heterocycles. The Hall–Kier alpha value is -1.37. The molecule has 3 heterocycles. The molecule has 2 aliphatic rings. The van der Waals surface area contributed by atoms with Gasteiger partial charge >= 0.3 is 0 Å². The van der Waals surface area contributed by atoms with E-state index in [4.69, 9.17) is 0 Å². The highest BCUT2D eigenvalue weighted by Gasteiger charge is 2.57. The van der Waals surface area contributed by atoms with Crippen molar-refractivity contribution < 1.29 is 4.79 Å². The molecule has 7 heteroatoms. The molecule has 1 unspecified atom stereocenters. The molecule has 5 nitrogen and oxygen atoms in total. The normalized spacial score (nSPS) is 21.3. The molecular weight excluding hydrogens is 344 g/mol. The summed E-state index contributed by atoms with van der Waals surface area (Å²) in [4.78, 5) is 15.2. The first kappa shape index (κ1) is 17.5. The van der Waals surface area contributed by atoms with E-state index in [2.05, 4.69) is 37.2 Å². The fourth-order valence-electron chi connectivity index (χ4n) is 3.85. The predicted octanol–water partition coefficient (Wildman–Crippen LogP) is 2.99. The summed E-state index contributed by atoms with van der Waals surface area (Å²) >= 11 is 1.69. The molecule has 1 spiro atoms. The molecule has 1 amide bonds. The van der Waals surface area contributed by atoms with Gasteiger partial charge in [-0.3, -0.25) is 9.89 Å². The maximum atomic E-state index is 13.1. The molecule has 2 fully saturated rings. The third-order valence-electron chi connectivity index (χ3n) is 5.38. The van der Waals surface area contributed by atoms with E-state index in [9.17, 15) is 4.79 Å². The second kappa shape index (κ2) is 6.86. The molecule has 0 aromatic carbocycles. The summed E-state index contributed by atoms with van der Waals surface area (Å²) in [5.41, 5.74) is 3.12. The molecule has 0 radical (unpaired) electrons. The highest BCUT2D eigenvalue weighted by Crippen LogP contribution is 2.56. The molecule has 1 saturated carbocycles. The summed E-state index contributed by atoms with van der Waals surface area (Å²) in [7, 11) is 0. The molecule has 1 atom stereocenters. The monoisotopic (exact) mass is 366 g/mol. The number of hydrogen-bond donors (Lipinski definition) is 2. The topological polar surface area (TPSA) is 61.0 Å². The molecule has 0 bridgehead atoms. The third-order valence-corrected chi connectivity index (χ3v) is 6.11. The number of nitrogens with zero attached hydrogens (tertiary/aromatic N) is 2. The average Bonchev–Trinajstić information content (AvgIpc) is 2.97. The number of hydrogen-bond acceptors (Lipinski definition) is 4. The first-order valence-corrected chi connectivity index (χ1v) is 9.17. The standard InChI is InChI=1S/C17H22N4OS.ClH/c1-12-14(9-19-20-12)16(22)21(10-13-2-7-23-11-13)15-8-17(15)3-5-18-6-4-17;/h2,7,9,11,15,18H,3-6,8,10H2,1H3,(H,19,20);1H. The van der Waals surface area contributed by atoms with Crippen LogP contribution in [-0.2, 0) is 6.54 Å². The summed E-state index contributed by atoms with van der Waals surface area (Å²) in [5, 5.41) is 14.6. The number of halogens is 1. The zero-order valence-corrected chi connectivity index (χ0v) is 15.4. The van der Waals surface area contributed by atoms with Gasteiger partial charge in [-0.2, -0.15) is 16.4 Å². The van der Waals surface area contributed by atoms with Crippen LogP contribution in [0.4, 0.5) is 0 Å². The van der Waals surface area contributed by atoms with Crippen molar-refractivity contribution in [2.75, 3.05) is 13.1 Å². The van der Waals surface area contributed by atoms with Crippen LogP contribution in [0.1, 0.15) is 40.9 Å². The van der Waals surface area contributed by atoms with Gasteiger partial charge in [-0.1, -0.05) is 0 Å². The SMILES string of the molecule is Cc1[nH]ncc1C(=O)N(Cc1ccsc1)C1CC12CCNCC2.Cl. The smallest absolute Gasteiger partial charge is 0.257 e. The van der Waals surface area contributed by atoms with Crippen molar-refractivity contribution in [3.8, 4) is 0 Å². The first-order valence-electron chi connectivity index (χ1n) is 8.22. The van der Waals surface area contributed by atoms with Gasteiger partial charge in [0, 0.05) is 18.3 Å². The Morgan fingerprint density at radius 1 is 1.46 bits per heavy atom. The average molecular weight is 367 g/mol. The van der Waals surface area contributed by atoms with Crippen molar-refractivity contribution in [2.45, 2.75) is 38.8 Å². The van der Waals surface area contributed by atoms with Crippen LogP contribution in [-0.4, -0.2) is 40.1 Å². The Balaban J connectivity index is 0.00000169. The van der Waals surface area contributed by atoms with Gasteiger partial charge in [-0.05, 0) is 67.1 Å². The lowest BCUT2D eigenvalue weighted by Crippen LogP contribution is -2.39. The van der Waals surface area contributed by atoms with Crippen LogP contribution >= 0.6 is 23.7 Å². The van der Waals surface area contributed by atoms with Crippen molar-refractivity contribution in [2.24, 2.45) is 5.41 Å². The lowest BCUT2D eigenvalue weighted by Gasteiger charge is -2.29. The van der Waals surface area contributed by atoms with Crippen LogP contribution in [0.2, 0.25) is 0 Å². The van der Waals surface area contributed by atoms with E-state index in [0.29, 0.717) is 23.6 Å². The number of carbonyl (C=O) groups excluding carboxylic acids is 1. The zero-order valence-electron chi connectivity index (χ0n) is 13.7. The number of nitrogens with one attached hydrogen (secondary N) is 2. The van der Waals surface area contributed by atoms with Crippen molar-refractivity contribution in [3.05, 3.63) is 39.8 Å². The molecule has 130 valence electrons. The largest absolute Gasteiger partial charge is 0.331 e. The Morgan fingerprint density at radius 3 is 2.88 bits per heavy atom. The van der Waals surface area contributed by atoms with Crippen LogP contribution in [0.25, 0.3) is 0 Å². The number of amides is 1. The van der Waals surface area contributed by atoms with Gasteiger partial charge in [0.25, 0.3) is 5.91 Å². The van der Waals surface area contributed by atoms with Gasteiger partial charge in [-0.25, -0.2) is 0 Å². The Bertz CT molecular complexity index is 693. The molecule has 24 heavy (non-hydrogen) atoms. The number of aryl methyl sites for hydroxylation is 1. The quantitative estimate of drug-likeness (QED) is 0.874. The number of piperidine rings is 1. The molecule has 2 aromatic heterocycles. The number of thiophene rings is 1. The van der Waals surface area contributed by atoms with Gasteiger partial charge < -0.3 is 10.2 Å². The van der Waals surface area contributed by atoms with Crippen LogP contribution in [0.15, 0.2) is 23.0 Å². The number of aromatic amines is 1. The van der Waals surface area contributed by atoms with Crippen LogP contribution in [0.5, 0.6) is 0 Å². The Morgan fingerprint density at radius 2 is 2.25 bits per heavy atom. The number of rotatable bonds is 4. The van der Waals surface area contributed by atoms with E-state index in [0.717, 1.165) is 25.2 Å². The summed E-state index contributed by atoms with van der Waals surface area (Å²) < 4.78 is 0. The molecule has 2 aromatic rings. The van der Waals surface area contributed by atoms with Crippen molar-refractivity contribution in [1.29, 1.82) is 0 Å². The molecular formula is C17H23ClN4OS. The third kappa shape index (κ3) is 3.10. The van der Waals surface area contributed by atoms with Crippen molar-refractivity contribution in [1.82, 2.24) is 20.4 Å². The number of H-pyrrole nitrogens is 1. The van der Waals surface area contributed by atoms with E-state index in [1.54, 1.807) is 17.5 Å². The van der Waals surface area contributed by atoms with E-state index in [1.807, 2.05) is 6.92 Å². The second-order valence-corrected chi connectivity index (χ2v) is 7.59. The molecule has 4 rings (SSSR count). The first-order chi connectivity index (χ1) is 11.2. The minimum absolute atomic E-state index is 0. The van der Waals surface area contributed by atoms with Gasteiger partial charge in [0.1, 0.15) is 0 Å². The minimum Gasteiger partial charge on any atom is -0.331 e. The summed E-state index contributed by atoms with van der Waals surface area (Å²) in [6.45, 7) is 4.76. The van der Waals surface area contributed by atoms with Crippen LogP contribution < -0.4 is 5.32 Å². The Labute approximate surface area is 152 Å². The van der Waals surface area contributed by atoms with Crippen molar-refractivity contribution in [3.63, 3.8) is 0 Å². The van der Waals surface area contributed by atoms with Crippen LogP contribution in [0.3, 0.4) is 0 Å². The van der Waals surface area contributed by atoms with E-state index >= 15 is 0 Å². The Kier molecular flexibility index (Phi) is 4.99. The predicted molar refractivity (Wildman–Crippen MR) is 97.7 cm³/mol. The fourth-order valence-corrected chi connectivity index (χ4v) is 4.51. The maximum absolute atomic E-state index is 13.1. The molecule has 1 aliphatic carbocycles. The highest BCUT2D eigenvalue weighted by atomic mass is 35.5. The number of aromatic nitrogens is 2. The van der Waals surface area contributed by atoms with Crippen molar-refractivity contribution >= 4 is 29.7 Å². The van der Waals surface area contributed by atoms with E-state index in [-0.39, 0.29) is 18.3 Å². The van der Waals surface area contributed by atoms with Crippen LogP contribution in [0, 0.1) is 12.3 Å². The zero-order chi connectivity index (χ0) is 15.9. The summed E-state index contributed by atoms with van der Waals surface area (Å²) in [5.74, 6) is 0.114. The second-order valence-electron chi connectivity index (χ2n) is 6.81. The fraction of sp³-hybridized carbons (Fsp3) is 0.529. The van der Waals surface area contributed by atoms with Gasteiger partial charge in [0.2, 0.25) is 0 Å². The van der Waals surface area contributed by atoms with Gasteiger partial charge in [-0.15, -0.1) is 12.4 Å². The molecule has 2 N–H and O–H groups in total. The van der Waals surface area contributed by atoms with E-state index in [1.165, 1.54) is 18.4 Å². The summed E-state index contributed by atoms with van der Waals surface area (Å²) in [6.07, 6.45) is 5.15. The van der Waals surface area contributed by atoms with Gasteiger partial charge in [0.05, 0.1) is 11.8 Å². The number of carbonyl (C=O) groups is 1. The minimum atomic E-state index is 0. The maximum Gasteiger partial charge on any atom is 0.257 e. The lowest BCUT2D eigenvalue weighted by molar-refractivity contribution is 0.0692. The molecule has 1 saturated heterocycles. The summed E-state index contributed by atoms with van der Waals surface area (Å²) in [6, 6.07) is 2.48. The van der Waals surface area contributed by atoms with E-state index < -0.39 is 0 Å². The lowest BCUT2D eigenvalue weighted by atomic mass is 9.93. The highest BCUT2D eigenvalue weighted by molar-refractivity contribution is 7.07. The van der Waals surface area contributed by atoms with Gasteiger partial charge in [0.15, 0.2) is 0 Å².